The molecule has 3 N–H and O–H groups in total. The van der Waals surface area contributed by atoms with E-state index in [9.17, 15) is 18.3 Å². The van der Waals surface area contributed by atoms with E-state index < -0.39 is 15.6 Å². The first-order valence-corrected chi connectivity index (χ1v) is 7.71. The monoisotopic (exact) mass is 316 g/mol. The van der Waals surface area contributed by atoms with Crippen molar-refractivity contribution >= 4 is 21.6 Å². The number of sulfonamides is 1. The lowest BCUT2D eigenvalue weighted by Gasteiger charge is -2.18. The van der Waals surface area contributed by atoms with Crippen LogP contribution in [0.1, 0.15) is 20.8 Å². The largest absolute Gasteiger partial charge is 0.495 e. The summed E-state index contributed by atoms with van der Waals surface area (Å²) in [7, 11) is -2.38. The molecule has 0 heterocycles. The predicted octanol–water partition coefficient (Wildman–Crippen LogP) is 0.703. The molecule has 0 atom stereocenters. The molecule has 0 aliphatic carbocycles. The van der Waals surface area contributed by atoms with E-state index in [2.05, 4.69) is 10.0 Å². The van der Waals surface area contributed by atoms with Crippen molar-refractivity contribution in [1.82, 2.24) is 4.72 Å². The number of rotatable bonds is 6. The highest BCUT2D eigenvalue weighted by Gasteiger charge is 2.21. The summed E-state index contributed by atoms with van der Waals surface area (Å²) in [6.07, 6.45) is 0. The molecule has 0 saturated carbocycles. The highest BCUT2D eigenvalue weighted by atomic mass is 32.2. The topological polar surface area (TPSA) is 105 Å². The Morgan fingerprint density at radius 1 is 1.38 bits per heavy atom. The van der Waals surface area contributed by atoms with Gasteiger partial charge in [-0.05, 0) is 32.0 Å². The highest BCUT2D eigenvalue weighted by molar-refractivity contribution is 7.89. The van der Waals surface area contributed by atoms with Crippen LogP contribution in [0.4, 0.5) is 5.69 Å². The van der Waals surface area contributed by atoms with Crippen LogP contribution in [0.3, 0.4) is 0 Å². The number of benzene rings is 1. The molecule has 0 aromatic heterocycles. The summed E-state index contributed by atoms with van der Waals surface area (Å²) in [5.74, 6) is 0.0129. The van der Waals surface area contributed by atoms with Crippen molar-refractivity contribution in [3.63, 3.8) is 0 Å². The van der Waals surface area contributed by atoms with Gasteiger partial charge in [0.2, 0.25) is 15.9 Å². The van der Waals surface area contributed by atoms with Gasteiger partial charge in [-0.3, -0.25) is 4.79 Å². The summed E-state index contributed by atoms with van der Waals surface area (Å²) in [5, 5.41) is 12.1. The Hall–Kier alpha value is -1.64. The number of hydrogen-bond acceptors (Lipinski definition) is 5. The van der Waals surface area contributed by atoms with Crippen molar-refractivity contribution in [3.8, 4) is 5.75 Å². The van der Waals surface area contributed by atoms with Gasteiger partial charge in [0.05, 0.1) is 23.3 Å². The quantitative estimate of drug-likeness (QED) is 0.716. The summed E-state index contributed by atoms with van der Waals surface area (Å²) in [6, 6.07) is 4.10. The van der Waals surface area contributed by atoms with E-state index in [1.165, 1.54) is 46.1 Å². The Morgan fingerprint density at radius 3 is 2.48 bits per heavy atom. The Morgan fingerprint density at radius 2 is 2.00 bits per heavy atom. The molecule has 7 nitrogen and oxygen atoms in total. The maximum Gasteiger partial charge on any atom is 0.240 e. The molecule has 0 fully saturated rings. The van der Waals surface area contributed by atoms with Gasteiger partial charge in [-0.1, -0.05) is 0 Å². The van der Waals surface area contributed by atoms with E-state index >= 15 is 0 Å². The standard InChI is InChI=1S/C13H20N2O5S/c1-9(16)15-11-7-10(5-6-12(11)20-4)21(18,19)14-8-13(2,3)17/h5-7,14,17H,8H2,1-4H3,(H,15,16). The fraction of sp³-hybridized carbons (Fsp3) is 0.462. The molecular formula is C13H20N2O5S. The average molecular weight is 316 g/mol. The first kappa shape index (κ1) is 17.4. The smallest absolute Gasteiger partial charge is 0.240 e. The minimum Gasteiger partial charge on any atom is -0.495 e. The van der Waals surface area contributed by atoms with Crippen molar-refractivity contribution < 1.29 is 23.1 Å². The number of anilines is 1. The van der Waals surface area contributed by atoms with Gasteiger partial charge in [0.1, 0.15) is 5.75 Å². The van der Waals surface area contributed by atoms with E-state index in [0.29, 0.717) is 5.75 Å². The average Bonchev–Trinajstić information content (AvgIpc) is 2.35. The van der Waals surface area contributed by atoms with Gasteiger partial charge >= 0.3 is 0 Å². The Balaban J connectivity index is 3.10. The number of carbonyl (C=O) groups is 1. The van der Waals surface area contributed by atoms with Gasteiger partial charge in [0.15, 0.2) is 0 Å². The van der Waals surface area contributed by atoms with Crippen LogP contribution >= 0.6 is 0 Å². The van der Waals surface area contributed by atoms with Crippen LogP contribution in [-0.4, -0.2) is 38.7 Å². The number of methoxy groups -OCH3 is 1. The van der Waals surface area contributed by atoms with Gasteiger partial charge in [-0.2, -0.15) is 0 Å². The molecule has 8 heteroatoms. The maximum absolute atomic E-state index is 12.1. The molecule has 0 bridgehead atoms. The lowest BCUT2D eigenvalue weighted by molar-refractivity contribution is -0.114. The molecule has 1 aromatic rings. The fourth-order valence-electron chi connectivity index (χ4n) is 1.50. The van der Waals surface area contributed by atoms with Crippen LogP contribution < -0.4 is 14.8 Å². The van der Waals surface area contributed by atoms with Crippen molar-refractivity contribution in [1.29, 1.82) is 0 Å². The number of aliphatic hydroxyl groups is 1. The third-order valence-corrected chi connectivity index (χ3v) is 3.89. The predicted molar refractivity (Wildman–Crippen MR) is 78.8 cm³/mol. The lowest BCUT2D eigenvalue weighted by atomic mass is 10.1. The summed E-state index contributed by atoms with van der Waals surface area (Å²) < 4.78 is 31.6. The molecule has 118 valence electrons. The van der Waals surface area contributed by atoms with Crippen LogP contribution in [0.5, 0.6) is 5.75 Å². The summed E-state index contributed by atoms with van der Waals surface area (Å²) in [6.45, 7) is 4.17. The Labute approximate surface area is 124 Å². The fourth-order valence-corrected chi connectivity index (χ4v) is 2.73. The van der Waals surface area contributed by atoms with E-state index in [1.807, 2.05) is 0 Å². The van der Waals surface area contributed by atoms with Crippen molar-refractivity contribution in [2.24, 2.45) is 0 Å². The maximum atomic E-state index is 12.1. The molecule has 1 aromatic carbocycles. The SMILES string of the molecule is COc1ccc(S(=O)(=O)NCC(C)(C)O)cc1NC(C)=O. The third-order valence-electron chi connectivity index (χ3n) is 2.49. The normalized spacial score (nSPS) is 12.0. The Kier molecular flexibility index (Phi) is 5.32. The third kappa shape index (κ3) is 5.33. The minimum absolute atomic E-state index is 0.0312. The summed E-state index contributed by atoms with van der Waals surface area (Å²) in [4.78, 5) is 11.1. The van der Waals surface area contributed by atoms with Crippen LogP contribution in [0.2, 0.25) is 0 Å². The van der Waals surface area contributed by atoms with Gasteiger partial charge in [-0.15, -0.1) is 0 Å². The van der Waals surface area contributed by atoms with Gasteiger partial charge in [0.25, 0.3) is 0 Å². The second-order valence-electron chi connectivity index (χ2n) is 5.18. The molecule has 0 saturated heterocycles. The first-order chi connectivity index (χ1) is 9.55. The zero-order valence-electron chi connectivity index (χ0n) is 12.4. The number of nitrogens with one attached hydrogen (secondary N) is 2. The Bertz CT molecular complexity index is 620. The first-order valence-electron chi connectivity index (χ1n) is 6.23. The van der Waals surface area contributed by atoms with Crippen molar-refractivity contribution in [2.45, 2.75) is 31.3 Å². The van der Waals surface area contributed by atoms with Crippen molar-refractivity contribution in [2.75, 3.05) is 19.0 Å². The van der Waals surface area contributed by atoms with E-state index in [4.69, 9.17) is 4.74 Å². The zero-order chi connectivity index (χ0) is 16.3. The number of amides is 1. The number of ether oxygens (including phenoxy) is 1. The number of hydrogen-bond donors (Lipinski definition) is 3. The van der Waals surface area contributed by atoms with Crippen LogP contribution in [-0.2, 0) is 14.8 Å². The van der Waals surface area contributed by atoms with Gasteiger partial charge < -0.3 is 15.2 Å². The zero-order valence-corrected chi connectivity index (χ0v) is 13.2. The minimum atomic E-state index is -3.79. The van der Waals surface area contributed by atoms with E-state index in [-0.39, 0.29) is 23.0 Å². The molecule has 0 spiro atoms. The molecule has 0 aliphatic rings. The van der Waals surface area contributed by atoms with Crippen molar-refractivity contribution in [3.05, 3.63) is 18.2 Å². The molecule has 0 aliphatic heterocycles. The molecule has 1 amide bonds. The number of carbonyl (C=O) groups excluding carboxylic acids is 1. The van der Waals surface area contributed by atoms with Crippen LogP contribution in [0, 0.1) is 0 Å². The lowest BCUT2D eigenvalue weighted by Crippen LogP contribution is -2.38. The molecule has 1 rings (SSSR count). The molecule has 21 heavy (non-hydrogen) atoms. The van der Waals surface area contributed by atoms with Crippen LogP contribution in [0.15, 0.2) is 23.1 Å². The van der Waals surface area contributed by atoms with Crippen LogP contribution in [0.25, 0.3) is 0 Å². The van der Waals surface area contributed by atoms with Gasteiger partial charge in [0, 0.05) is 13.5 Å². The second kappa shape index (κ2) is 6.42. The molecule has 0 unspecified atom stereocenters. The van der Waals surface area contributed by atoms with Gasteiger partial charge in [-0.25, -0.2) is 13.1 Å². The summed E-state index contributed by atoms with van der Waals surface area (Å²) >= 11 is 0. The molecule has 0 radical (unpaired) electrons. The highest BCUT2D eigenvalue weighted by Crippen LogP contribution is 2.27. The second-order valence-corrected chi connectivity index (χ2v) is 6.95. The van der Waals surface area contributed by atoms with E-state index in [0.717, 1.165) is 0 Å². The summed E-state index contributed by atoms with van der Waals surface area (Å²) in [5.41, 5.74) is -0.906. The molecular weight excluding hydrogens is 296 g/mol. The van der Waals surface area contributed by atoms with E-state index in [1.54, 1.807) is 0 Å².